The van der Waals surface area contributed by atoms with Crippen molar-refractivity contribution in [1.29, 1.82) is 0 Å². The fourth-order valence-electron chi connectivity index (χ4n) is 6.36. The molecule has 0 atom stereocenters. The summed E-state index contributed by atoms with van der Waals surface area (Å²) in [5.41, 5.74) is 7.08. The van der Waals surface area contributed by atoms with E-state index in [1.165, 1.54) is 24.3 Å². The maximum Gasteiger partial charge on any atom is 0.416 e. The number of benzene rings is 6. The summed E-state index contributed by atoms with van der Waals surface area (Å²) in [6, 6.07) is 26.4. The van der Waals surface area contributed by atoms with Gasteiger partial charge in [0.05, 0.1) is 11.1 Å². The van der Waals surface area contributed by atoms with Crippen molar-refractivity contribution >= 4 is 21.5 Å². The second kappa shape index (κ2) is 8.96. The monoisotopic (exact) mass is 568 g/mol. The summed E-state index contributed by atoms with van der Waals surface area (Å²) in [5.74, 6) is 0. The average molecular weight is 569 g/mol. The van der Waals surface area contributed by atoms with Gasteiger partial charge < -0.3 is 0 Å². The highest BCUT2D eigenvalue weighted by atomic mass is 19.4. The number of hydrogen-bond acceptors (Lipinski definition) is 0. The zero-order valence-corrected chi connectivity index (χ0v) is 22.5. The van der Waals surface area contributed by atoms with Gasteiger partial charge in [-0.2, -0.15) is 26.3 Å². The Morgan fingerprint density at radius 2 is 0.976 bits per heavy atom. The van der Waals surface area contributed by atoms with Crippen LogP contribution in [0.1, 0.15) is 22.3 Å². The van der Waals surface area contributed by atoms with Crippen LogP contribution < -0.4 is 0 Å². The standard InChI is InChI=1S/C36H22F6/c1-19-6-16-26-29(18-19)31(22-10-14-24(15-11-22)36(40,41)42)34-28-17-7-20(2)25-4-3-5-27(32(25)28)33(34)30(26)21-8-12-23(13-9-21)35(37,38)39/h3-18H,1-2H3. The van der Waals surface area contributed by atoms with Gasteiger partial charge >= 0.3 is 12.4 Å². The lowest BCUT2D eigenvalue weighted by Gasteiger charge is -2.21. The molecular weight excluding hydrogens is 546 g/mol. The van der Waals surface area contributed by atoms with Gasteiger partial charge in [0.2, 0.25) is 0 Å². The molecule has 0 radical (unpaired) electrons. The Morgan fingerprint density at radius 1 is 0.452 bits per heavy atom. The van der Waals surface area contributed by atoms with Gasteiger partial charge in [-0.05, 0) is 110 Å². The first-order chi connectivity index (χ1) is 19.9. The molecule has 0 N–H and O–H groups in total. The highest BCUT2D eigenvalue weighted by molar-refractivity contribution is 6.27. The molecule has 208 valence electrons. The number of hydrogen-bond donors (Lipinski definition) is 0. The highest BCUT2D eigenvalue weighted by Gasteiger charge is 2.34. The molecule has 0 amide bonds. The van der Waals surface area contributed by atoms with Crippen molar-refractivity contribution in [2.24, 2.45) is 0 Å². The predicted molar refractivity (Wildman–Crippen MR) is 156 cm³/mol. The normalized spacial score (nSPS) is 12.8. The van der Waals surface area contributed by atoms with Crippen LogP contribution in [0.2, 0.25) is 0 Å². The fraction of sp³-hybridized carbons (Fsp3) is 0.111. The average Bonchev–Trinajstić information content (AvgIpc) is 3.27. The van der Waals surface area contributed by atoms with Crippen molar-refractivity contribution in [2.75, 3.05) is 0 Å². The van der Waals surface area contributed by atoms with Gasteiger partial charge in [0.25, 0.3) is 0 Å². The molecule has 0 bridgehead atoms. The predicted octanol–water partition coefficient (Wildman–Crippen LogP) is 11.6. The van der Waals surface area contributed by atoms with E-state index in [-0.39, 0.29) is 0 Å². The van der Waals surface area contributed by atoms with E-state index >= 15 is 0 Å². The van der Waals surface area contributed by atoms with Gasteiger partial charge in [0.15, 0.2) is 0 Å². The molecule has 0 unspecified atom stereocenters. The van der Waals surface area contributed by atoms with Crippen LogP contribution in [0.15, 0.2) is 97.1 Å². The van der Waals surface area contributed by atoms with Crippen LogP contribution in [0.4, 0.5) is 26.3 Å². The first-order valence-corrected chi connectivity index (χ1v) is 13.4. The van der Waals surface area contributed by atoms with Crippen molar-refractivity contribution in [3.05, 3.63) is 119 Å². The number of rotatable bonds is 2. The third kappa shape index (κ3) is 3.92. The Labute approximate surface area is 237 Å². The minimum absolute atomic E-state index is 0.633. The SMILES string of the molecule is Cc1ccc2c(-c3ccc(C(F)(F)F)cc3)c3c(c(-c4ccc(C(F)(F)F)cc4)c2c1)-c1ccc(C)c2cccc-3c12. The molecule has 42 heavy (non-hydrogen) atoms. The zero-order valence-electron chi connectivity index (χ0n) is 22.5. The number of alkyl halides is 6. The molecule has 1 aliphatic carbocycles. The summed E-state index contributed by atoms with van der Waals surface area (Å²) >= 11 is 0. The van der Waals surface area contributed by atoms with E-state index in [9.17, 15) is 26.3 Å². The first-order valence-electron chi connectivity index (χ1n) is 13.4. The van der Waals surface area contributed by atoms with E-state index in [0.717, 1.165) is 90.3 Å². The lowest BCUT2D eigenvalue weighted by atomic mass is 9.82. The van der Waals surface area contributed by atoms with E-state index in [4.69, 9.17) is 0 Å². The smallest absolute Gasteiger partial charge is 0.166 e. The molecule has 6 aromatic rings. The molecule has 0 aromatic heterocycles. The molecule has 0 heterocycles. The molecule has 0 saturated heterocycles. The van der Waals surface area contributed by atoms with E-state index < -0.39 is 23.5 Å². The summed E-state index contributed by atoms with van der Waals surface area (Å²) in [6.45, 7) is 3.97. The zero-order chi connectivity index (χ0) is 29.6. The Hall–Kier alpha value is -4.58. The second-order valence-electron chi connectivity index (χ2n) is 10.9. The largest absolute Gasteiger partial charge is 0.416 e. The van der Waals surface area contributed by atoms with Crippen molar-refractivity contribution in [1.82, 2.24) is 0 Å². The molecule has 0 aliphatic heterocycles. The van der Waals surface area contributed by atoms with Crippen LogP contribution in [0.25, 0.3) is 66.1 Å². The molecule has 6 heteroatoms. The summed E-state index contributed by atoms with van der Waals surface area (Å²) in [7, 11) is 0. The highest BCUT2D eigenvalue weighted by Crippen LogP contribution is 2.58. The Morgan fingerprint density at radius 3 is 1.52 bits per heavy atom. The summed E-state index contributed by atoms with van der Waals surface area (Å²) in [5, 5.41) is 3.72. The van der Waals surface area contributed by atoms with Crippen molar-refractivity contribution < 1.29 is 26.3 Å². The molecule has 0 saturated carbocycles. The summed E-state index contributed by atoms with van der Waals surface area (Å²) in [6.07, 6.45) is -8.93. The third-order valence-electron chi connectivity index (χ3n) is 8.26. The second-order valence-corrected chi connectivity index (χ2v) is 10.9. The molecule has 0 spiro atoms. The molecular formula is C36H22F6. The van der Waals surface area contributed by atoms with Crippen molar-refractivity contribution in [3.63, 3.8) is 0 Å². The van der Waals surface area contributed by atoms with Crippen LogP contribution in [0.5, 0.6) is 0 Å². The van der Waals surface area contributed by atoms with E-state index in [1.807, 2.05) is 62.4 Å². The quantitative estimate of drug-likeness (QED) is 0.182. The minimum Gasteiger partial charge on any atom is -0.166 e. The summed E-state index contributed by atoms with van der Waals surface area (Å²) in [4.78, 5) is 0. The molecule has 1 aliphatic rings. The maximum absolute atomic E-state index is 13.5. The Kier molecular flexibility index (Phi) is 5.62. The van der Waals surface area contributed by atoms with Crippen molar-refractivity contribution in [2.45, 2.75) is 26.2 Å². The lowest BCUT2D eigenvalue weighted by Crippen LogP contribution is -2.04. The van der Waals surface area contributed by atoms with E-state index in [1.54, 1.807) is 0 Å². The number of halogens is 6. The van der Waals surface area contributed by atoms with Crippen LogP contribution in [0.3, 0.4) is 0 Å². The van der Waals surface area contributed by atoms with Crippen LogP contribution in [-0.2, 0) is 12.4 Å². The Balaban J connectivity index is 1.65. The Bertz CT molecular complexity index is 2040. The molecule has 7 rings (SSSR count). The molecule has 0 nitrogen and oxygen atoms in total. The van der Waals surface area contributed by atoms with Gasteiger partial charge in [-0.3, -0.25) is 0 Å². The van der Waals surface area contributed by atoms with Crippen LogP contribution >= 0.6 is 0 Å². The fourth-order valence-corrected chi connectivity index (χ4v) is 6.36. The number of fused-ring (bicyclic) bond motifs is 4. The molecule has 6 aromatic carbocycles. The van der Waals surface area contributed by atoms with Crippen LogP contribution in [0, 0.1) is 13.8 Å². The van der Waals surface area contributed by atoms with Crippen molar-refractivity contribution in [3.8, 4) is 44.5 Å². The van der Waals surface area contributed by atoms with E-state index in [0.29, 0.717) is 11.1 Å². The third-order valence-corrected chi connectivity index (χ3v) is 8.26. The lowest BCUT2D eigenvalue weighted by molar-refractivity contribution is -0.138. The van der Waals surface area contributed by atoms with Gasteiger partial charge in [0, 0.05) is 0 Å². The van der Waals surface area contributed by atoms with E-state index in [2.05, 4.69) is 0 Å². The van der Waals surface area contributed by atoms with Gasteiger partial charge in [-0.1, -0.05) is 78.4 Å². The van der Waals surface area contributed by atoms with Gasteiger partial charge in [-0.15, -0.1) is 0 Å². The minimum atomic E-state index is -4.47. The molecule has 0 fully saturated rings. The van der Waals surface area contributed by atoms with Crippen LogP contribution in [-0.4, -0.2) is 0 Å². The first kappa shape index (κ1) is 26.3. The van der Waals surface area contributed by atoms with Gasteiger partial charge in [-0.25, -0.2) is 0 Å². The topological polar surface area (TPSA) is 0 Å². The van der Waals surface area contributed by atoms with Gasteiger partial charge in [0.1, 0.15) is 0 Å². The number of aryl methyl sites for hydroxylation is 2. The maximum atomic E-state index is 13.5. The summed E-state index contributed by atoms with van der Waals surface area (Å²) < 4.78 is 80.9.